The average Bonchev–Trinajstić information content (AvgIpc) is 2.31. The van der Waals surface area contributed by atoms with E-state index in [0.717, 1.165) is 25.9 Å². The quantitative estimate of drug-likeness (QED) is 0.319. The van der Waals surface area contributed by atoms with E-state index in [2.05, 4.69) is 0 Å². The highest BCUT2D eigenvalue weighted by Crippen LogP contribution is 2.21. The normalized spacial score (nSPS) is 11.7. The maximum absolute atomic E-state index is 7.43. The topological polar surface area (TPSA) is 77.6 Å². The monoisotopic (exact) mass is 260 g/mol. The molecule has 0 aromatic carbocycles. The average molecular weight is 260 g/mol. The molecule has 0 aromatic rings. The standard InChI is InChI=1S/C13H28N2O3/c1-13(2,12(14)15)6-4-8-17-10-11-18-9-5-7-16-3/h4-11H2,1-3H3,(H3,14,15). The lowest BCUT2D eigenvalue weighted by Crippen LogP contribution is -2.31. The molecule has 0 bridgehead atoms. The molecule has 5 nitrogen and oxygen atoms in total. The van der Waals surface area contributed by atoms with Crippen molar-refractivity contribution in [2.24, 2.45) is 11.1 Å². The molecule has 0 amide bonds. The largest absolute Gasteiger partial charge is 0.387 e. The van der Waals surface area contributed by atoms with Gasteiger partial charge in [-0.15, -0.1) is 0 Å². The van der Waals surface area contributed by atoms with Crippen molar-refractivity contribution in [3.8, 4) is 0 Å². The third-order valence-electron chi connectivity index (χ3n) is 2.83. The Bertz CT molecular complexity index is 220. The van der Waals surface area contributed by atoms with E-state index in [-0.39, 0.29) is 11.3 Å². The van der Waals surface area contributed by atoms with Crippen molar-refractivity contribution in [2.75, 3.05) is 40.1 Å². The summed E-state index contributed by atoms with van der Waals surface area (Å²) in [6.07, 6.45) is 2.70. The van der Waals surface area contributed by atoms with E-state index < -0.39 is 0 Å². The summed E-state index contributed by atoms with van der Waals surface area (Å²) in [5.41, 5.74) is 5.28. The molecule has 18 heavy (non-hydrogen) atoms. The van der Waals surface area contributed by atoms with Crippen molar-refractivity contribution in [2.45, 2.75) is 33.1 Å². The summed E-state index contributed by atoms with van der Waals surface area (Å²) in [6, 6.07) is 0. The second-order valence-corrected chi connectivity index (χ2v) is 4.97. The third-order valence-corrected chi connectivity index (χ3v) is 2.83. The molecule has 0 aliphatic heterocycles. The van der Waals surface area contributed by atoms with Gasteiger partial charge in [-0.3, -0.25) is 5.41 Å². The molecule has 5 heteroatoms. The number of amidine groups is 1. The second kappa shape index (κ2) is 10.3. The van der Waals surface area contributed by atoms with Crippen molar-refractivity contribution in [3.05, 3.63) is 0 Å². The van der Waals surface area contributed by atoms with Crippen LogP contribution in [-0.4, -0.2) is 46.0 Å². The van der Waals surface area contributed by atoms with Gasteiger partial charge in [-0.2, -0.15) is 0 Å². The number of nitrogens with one attached hydrogen (secondary N) is 1. The van der Waals surface area contributed by atoms with Crippen LogP contribution in [0.25, 0.3) is 0 Å². The SMILES string of the molecule is COCCCOCCOCCCC(C)(C)C(=N)N. The molecule has 0 aliphatic carbocycles. The fourth-order valence-corrected chi connectivity index (χ4v) is 1.38. The van der Waals surface area contributed by atoms with Crippen LogP contribution in [0.1, 0.15) is 33.1 Å². The van der Waals surface area contributed by atoms with Crippen molar-refractivity contribution in [1.29, 1.82) is 5.41 Å². The summed E-state index contributed by atoms with van der Waals surface area (Å²) < 4.78 is 15.7. The van der Waals surface area contributed by atoms with E-state index in [1.54, 1.807) is 7.11 Å². The van der Waals surface area contributed by atoms with Crippen LogP contribution in [0, 0.1) is 10.8 Å². The number of nitrogens with two attached hydrogens (primary N) is 1. The molecule has 0 spiro atoms. The van der Waals surface area contributed by atoms with Crippen molar-refractivity contribution in [1.82, 2.24) is 0 Å². The van der Waals surface area contributed by atoms with E-state index in [1.165, 1.54) is 0 Å². The van der Waals surface area contributed by atoms with Gasteiger partial charge in [0.15, 0.2) is 0 Å². The van der Waals surface area contributed by atoms with Crippen LogP contribution in [0.5, 0.6) is 0 Å². The van der Waals surface area contributed by atoms with Gasteiger partial charge in [-0.25, -0.2) is 0 Å². The van der Waals surface area contributed by atoms with Crippen LogP contribution in [0.2, 0.25) is 0 Å². The van der Waals surface area contributed by atoms with Crippen LogP contribution in [0.4, 0.5) is 0 Å². The van der Waals surface area contributed by atoms with Crippen molar-refractivity contribution in [3.63, 3.8) is 0 Å². The fraction of sp³-hybridized carbons (Fsp3) is 0.923. The molecule has 0 aromatic heterocycles. The Balaban J connectivity index is 3.24. The second-order valence-electron chi connectivity index (χ2n) is 4.97. The summed E-state index contributed by atoms with van der Waals surface area (Å²) in [4.78, 5) is 0. The summed E-state index contributed by atoms with van der Waals surface area (Å²) >= 11 is 0. The Morgan fingerprint density at radius 1 is 1.00 bits per heavy atom. The first-order valence-corrected chi connectivity index (χ1v) is 6.49. The summed E-state index contributed by atoms with van der Waals surface area (Å²) in [5.74, 6) is 0.240. The molecule has 3 N–H and O–H groups in total. The molecule has 0 unspecified atom stereocenters. The van der Waals surface area contributed by atoms with Gasteiger partial charge >= 0.3 is 0 Å². The van der Waals surface area contributed by atoms with Gasteiger partial charge in [0.05, 0.1) is 19.0 Å². The Labute approximate surface area is 110 Å². The van der Waals surface area contributed by atoms with Gasteiger partial charge in [0.1, 0.15) is 0 Å². The molecule has 108 valence electrons. The highest BCUT2D eigenvalue weighted by Gasteiger charge is 2.20. The van der Waals surface area contributed by atoms with E-state index in [1.807, 2.05) is 13.8 Å². The Hall–Kier alpha value is -0.650. The summed E-state index contributed by atoms with van der Waals surface area (Å²) in [6.45, 7) is 7.35. The molecular formula is C13H28N2O3. The summed E-state index contributed by atoms with van der Waals surface area (Å²) in [7, 11) is 1.69. The van der Waals surface area contributed by atoms with Gasteiger partial charge in [0.2, 0.25) is 0 Å². The minimum Gasteiger partial charge on any atom is -0.387 e. The minimum absolute atomic E-state index is 0.222. The lowest BCUT2D eigenvalue weighted by Gasteiger charge is -2.22. The van der Waals surface area contributed by atoms with Crippen LogP contribution in [-0.2, 0) is 14.2 Å². The lowest BCUT2D eigenvalue weighted by molar-refractivity contribution is 0.0376. The number of hydrogen-bond donors (Lipinski definition) is 2. The number of hydrogen-bond acceptors (Lipinski definition) is 4. The van der Waals surface area contributed by atoms with Gasteiger partial charge in [0, 0.05) is 32.3 Å². The molecule has 0 aliphatic rings. The van der Waals surface area contributed by atoms with Gasteiger partial charge in [-0.1, -0.05) is 13.8 Å². The molecule has 0 atom stereocenters. The van der Waals surface area contributed by atoms with Gasteiger partial charge in [0.25, 0.3) is 0 Å². The number of rotatable bonds is 12. The van der Waals surface area contributed by atoms with Crippen LogP contribution in [0.3, 0.4) is 0 Å². The number of methoxy groups -OCH3 is 1. The van der Waals surface area contributed by atoms with E-state index in [4.69, 9.17) is 25.4 Å². The Morgan fingerprint density at radius 3 is 2.06 bits per heavy atom. The number of ether oxygens (including phenoxy) is 3. The maximum atomic E-state index is 7.43. The molecular weight excluding hydrogens is 232 g/mol. The highest BCUT2D eigenvalue weighted by atomic mass is 16.5. The van der Waals surface area contributed by atoms with Crippen molar-refractivity contribution < 1.29 is 14.2 Å². The van der Waals surface area contributed by atoms with Crippen molar-refractivity contribution >= 4 is 5.84 Å². The fourth-order valence-electron chi connectivity index (χ4n) is 1.38. The molecule has 0 radical (unpaired) electrons. The highest BCUT2D eigenvalue weighted by molar-refractivity contribution is 5.82. The van der Waals surface area contributed by atoms with E-state index >= 15 is 0 Å². The zero-order chi connectivity index (χ0) is 13.9. The first kappa shape index (κ1) is 17.4. The Kier molecular flexibility index (Phi) is 9.92. The first-order chi connectivity index (χ1) is 8.50. The predicted octanol–water partition coefficient (Wildman–Crippen LogP) is 1.80. The van der Waals surface area contributed by atoms with E-state index in [0.29, 0.717) is 26.4 Å². The zero-order valence-corrected chi connectivity index (χ0v) is 12.0. The van der Waals surface area contributed by atoms with Crippen LogP contribution < -0.4 is 5.73 Å². The molecule has 0 fully saturated rings. The Morgan fingerprint density at radius 2 is 1.56 bits per heavy atom. The predicted molar refractivity (Wildman–Crippen MR) is 73.1 cm³/mol. The lowest BCUT2D eigenvalue weighted by atomic mass is 9.87. The maximum Gasteiger partial charge on any atom is 0.0963 e. The molecule has 0 saturated carbocycles. The first-order valence-electron chi connectivity index (χ1n) is 6.49. The summed E-state index contributed by atoms with van der Waals surface area (Å²) in [5, 5.41) is 7.43. The van der Waals surface area contributed by atoms with Gasteiger partial charge in [-0.05, 0) is 19.3 Å². The smallest absolute Gasteiger partial charge is 0.0963 e. The van der Waals surface area contributed by atoms with Crippen LogP contribution in [0.15, 0.2) is 0 Å². The molecule has 0 rings (SSSR count). The third kappa shape index (κ3) is 9.39. The van der Waals surface area contributed by atoms with Crippen LogP contribution >= 0.6 is 0 Å². The van der Waals surface area contributed by atoms with Gasteiger partial charge < -0.3 is 19.9 Å². The molecule has 0 heterocycles. The minimum atomic E-state index is -0.222. The van der Waals surface area contributed by atoms with E-state index in [9.17, 15) is 0 Å². The zero-order valence-electron chi connectivity index (χ0n) is 12.0. The molecule has 0 saturated heterocycles.